The molecule has 0 radical (unpaired) electrons. The first-order valence-corrected chi connectivity index (χ1v) is 11.3. The molecule has 1 aromatic rings. The van der Waals surface area contributed by atoms with Gasteiger partial charge in [-0.15, -0.1) is 0 Å². The zero-order chi connectivity index (χ0) is 21.2. The Morgan fingerprint density at radius 2 is 1.39 bits per heavy atom. The standard InChI is InChI=1S/C26H44O2/c1-21-15-14-17-22(16-10-7-8-12-19-25(2,3)4)23(21)18-11-9-13-20-26(5,6)24(27)28/h14-15,17H,7-13,16,18-20H2,1-6H3,(H,27,28). The molecule has 0 aromatic heterocycles. The van der Waals surface area contributed by atoms with Crippen molar-refractivity contribution in [2.45, 2.75) is 112 Å². The minimum absolute atomic E-state index is 0.462. The van der Waals surface area contributed by atoms with Crippen LogP contribution >= 0.6 is 0 Å². The fraction of sp³-hybridized carbons (Fsp3) is 0.731. The summed E-state index contributed by atoms with van der Waals surface area (Å²) in [7, 11) is 0. The van der Waals surface area contributed by atoms with Crippen LogP contribution in [0.3, 0.4) is 0 Å². The molecule has 1 aromatic carbocycles. The van der Waals surface area contributed by atoms with Gasteiger partial charge in [0, 0.05) is 0 Å². The van der Waals surface area contributed by atoms with Crippen molar-refractivity contribution in [3.63, 3.8) is 0 Å². The van der Waals surface area contributed by atoms with Gasteiger partial charge in [-0.2, -0.15) is 0 Å². The molecule has 0 heterocycles. The molecule has 0 amide bonds. The topological polar surface area (TPSA) is 37.3 Å². The van der Waals surface area contributed by atoms with E-state index >= 15 is 0 Å². The van der Waals surface area contributed by atoms with Gasteiger partial charge in [0.15, 0.2) is 0 Å². The van der Waals surface area contributed by atoms with Crippen LogP contribution in [-0.2, 0) is 17.6 Å². The van der Waals surface area contributed by atoms with E-state index in [0.29, 0.717) is 5.41 Å². The van der Waals surface area contributed by atoms with Crippen molar-refractivity contribution < 1.29 is 9.90 Å². The van der Waals surface area contributed by atoms with Crippen LogP contribution in [0.5, 0.6) is 0 Å². The second-order valence-electron chi connectivity index (χ2n) is 10.4. The van der Waals surface area contributed by atoms with Gasteiger partial charge in [0.05, 0.1) is 5.41 Å². The Labute approximate surface area is 174 Å². The molecule has 2 nitrogen and oxygen atoms in total. The average Bonchev–Trinajstić information content (AvgIpc) is 2.58. The third-order valence-corrected chi connectivity index (χ3v) is 5.94. The number of rotatable bonds is 13. The number of unbranched alkanes of at least 4 members (excludes halogenated alkanes) is 5. The summed E-state index contributed by atoms with van der Waals surface area (Å²) in [5.74, 6) is -0.684. The molecule has 0 aliphatic heterocycles. The molecule has 0 saturated carbocycles. The minimum atomic E-state index is -0.684. The van der Waals surface area contributed by atoms with Gasteiger partial charge in [0.25, 0.3) is 0 Å². The molecule has 1 N–H and O–H groups in total. The van der Waals surface area contributed by atoms with E-state index in [-0.39, 0.29) is 0 Å². The van der Waals surface area contributed by atoms with E-state index in [4.69, 9.17) is 0 Å². The van der Waals surface area contributed by atoms with Gasteiger partial charge in [0.1, 0.15) is 0 Å². The van der Waals surface area contributed by atoms with E-state index < -0.39 is 11.4 Å². The Balaban J connectivity index is 2.39. The van der Waals surface area contributed by atoms with Crippen molar-refractivity contribution in [3.05, 3.63) is 34.9 Å². The van der Waals surface area contributed by atoms with Crippen LogP contribution < -0.4 is 0 Å². The maximum atomic E-state index is 11.2. The highest BCUT2D eigenvalue weighted by molar-refractivity contribution is 5.73. The SMILES string of the molecule is Cc1cccc(CCCCCCC(C)(C)C)c1CCCCCC(C)(C)C(=O)O. The second kappa shape index (κ2) is 11.6. The Hall–Kier alpha value is -1.31. The van der Waals surface area contributed by atoms with Gasteiger partial charge in [-0.05, 0) is 81.4 Å². The molecule has 160 valence electrons. The molecular weight excluding hydrogens is 344 g/mol. The summed E-state index contributed by atoms with van der Waals surface area (Å²) in [5.41, 5.74) is 4.34. The quantitative estimate of drug-likeness (QED) is 0.351. The highest BCUT2D eigenvalue weighted by atomic mass is 16.4. The van der Waals surface area contributed by atoms with Gasteiger partial charge in [-0.3, -0.25) is 4.79 Å². The van der Waals surface area contributed by atoms with Crippen LogP contribution in [0.25, 0.3) is 0 Å². The van der Waals surface area contributed by atoms with Crippen molar-refractivity contribution in [1.82, 2.24) is 0 Å². The van der Waals surface area contributed by atoms with Crippen molar-refractivity contribution in [3.8, 4) is 0 Å². The maximum absolute atomic E-state index is 11.2. The molecule has 0 bridgehead atoms. The smallest absolute Gasteiger partial charge is 0.309 e. The van der Waals surface area contributed by atoms with Gasteiger partial charge in [0.2, 0.25) is 0 Å². The van der Waals surface area contributed by atoms with Crippen LogP contribution in [0.2, 0.25) is 0 Å². The van der Waals surface area contributed by atoms with E-state index in [1.54, 1.807) is 0 Å². The molecule has 0 fully saturated rings. The first-order chi connectivity index (χ1) is 13.0. The molecule has 2 heteroatoms. The zero-order valence-electron chi connectivity index (χ0n) is 19.4. The monoisotopic (exact) mass is 388 g/mol. The fourth-order valence-corrected chi connectivity index (χ4v) is 3.83. The van der Waals surface area contributed by atoms with Crippen LogP contribution in [0, 0.1) is 17.8 Å². The number of hydrogen-bond acceptors (Lipinski definition) is 1. The molecule has 0 aliphatic carbocycles. The van der Waals surface area contributed by atoms with Gasteiger partial charge in [-0.25, -0.2) is 0 Å². The number of carbonyl (C=O) groups is 1. The normalized spacial score (nSPS) is 12.4. The molecule has 0 unspecified atom stereocenters. The predicted molar refractivity (Wildman–Crippen MR) is 121 cm³/mol. The molecule has 0 atom stereocenters. The predicted octanol–water partition coefficient (Wildman–Crippen LogP) is 7.75. The molecule has 1 rings (SSSR count). The Morgan fingerprint density at radius 3 is 2.04 bits per heavy atom. The number of hydrogen-bond donors (Lipinski definition) is 1. The van der Waals surface area contributed by atoms with E-state index in [1.807, 2.05) is 13.8 Å². The summed E-state index contributed by atoms with van der Waals surface area (Å²) in [6.07, 6.45) is 13.0. The highest BCUT2D eigenvalue weighted by Gasteiger charge is 2.25. The van der Waals surface area contributed by atoms with Crippen LogP contribution in [0.4, 0.5) is 0 Å². The van der Waals surface area contributed by atoms with E-state index in [2.05, 4.69) is 45.9 Å². The third kappa shape index (κ3) is 9.75. The summed E-state index contributed by atoms with van der Waals surface area (Å²) in [4.78, 5) is 11.2. The highest BCUT2D eigenvalue weighted by Crippen LogP contribution is 2.26. The lowest BCUT2D eigenvalue weighted by Gasteiger charge is -2.19. The summed E-state index contributed by atoms with van der Waals surface area (Å²) in [6.45, 7) is 12.9. The number of aryl methyl sites for hydroxylation is 2. The lowest BCUT2D eigenvalue weighted by Crippen LogP contribution is -2.23. The van der Waals surface area contributed by atoms with E-state index in [9.17, 15) is 9.90 Å². The van der Waals surface area contributed by atoms with Crippen LogP contribution in [0.1, 0.15) is 109 Å². The number of carboxylic acid groups (broad SMARTS) is 1. The molecule has 28 heavy (non-hydrogen) atoms. The van der Waals surface area contributed by atoms with Crippen molar-refractivity contribution in [2.24, 2.45) is 10.8 Å². The average molecular weight is 389 g/mol. The Kier molecular flexibility index (Phi) is 10.3. The lowest BCUT2D eigenvalue weighted by molar-refractivity contribution is -0.147. The number of carboxylic acids is 1. The summed E-state index contributed by atoms with van der Waals surface area (Å²) in [5, 5.41) is 9.22. The fourth-order valence-electron chi connectivity index (χ4n) is 3.83. The van der Waals surface area contributed by atoms with E-state index in [1.165, 1.54) is 55.2 Å². The van der Waals surface area contributed by atoms with Gasteiger partial charge in [-0.1, -0.05) is 71.1 Å². The Morgan fingerprint density at radius 1 is 0.821 bits per heavy atom. The molecule has 0 saturated heterocycles. The molecule has 0 aliphatic rings. The van der Waals surface area contributed by atoms with Crippen LogP contribution in [-0.4, -0.2) is 11.1 Å². The summed E-state index contributed by atoms with van der Waals surface area (Å²) >= 11 is 0. The largest absolute Gasteiger partial charge is 0.481 e. The third-order valence-electron chi connectivity index (χ3n) is 5.94. The van der Waals surface area contributed by atoms with Gasteiger partial charge >= 0.3 is 5.97 Å². The van der Waals surface area contributed by atoms with Crippen molar-refractivity contribution in [2.75, 3.05) is 0 Å². The lowest BCUT2D eigenvalue weighted by atomic mass is 9.86. The number of aliphatic carboxylic acids is 1. The minimum Gasteiger partial charge on any atom is -0.481 e. The molecule has 0 spiro atoms. The van der Waals surface area contributed by atoms with Crippen LogP contribution in [0.15, 0.2) is 18.2 Å². The van der Waals surface area contributed by atoms with E-state index in [0.717, 1.165) is 32.1 Å². The maximum Gasteiger partial charge on any atom is 0.309 e. The number of benzene rings is 1. The molecular formula is C26H44O2. The zero-order valence-corrected chi connectivity index (χ0v) is 19.4. The first kappa shape index (κ1) is 24.7. The van der Waals surface area contributed by atoms with Crippen molar-refractivity contribution >= 4 is 5.97 Å². The summed E-state index contributed by atoms with van der Waals surface area (Å²) < 4.78 is 0. The summed E-state index contributed by atoms with van der Waals surface area (Å²) in [6, 6.07) is 6.74. The van der Waals surface area contributed by atoms with Crippen molar-refractivity contribution in [1.29, 1.82) is 0 Å². The Bertz CT molecular complexity index is 593. The van der Waals surface area contributed by atoms with Gasteiger partial charge < -0.3 is 5.11 Å². The first-order valence-electron chi connectivity index (χ1n) is 11.3. The second-order valence-corrected chi connectivity index (χ2v) is 10.4.